The van der Waals surface area contributed by atoms with Crippen molar-refractivity contribution in [1.29, 1.82) is 0 Å². The van der Waals surface area contributed by atoms with E-state index in [1.165, 1.54) is 5.56 Å². The Morgan fingerprint density at radius 3 is 2.50 bits per heavy atom. The zero-order valence-electron chi connectivity index (χ0n) is 6.46. The molecule has 54 valence electrons. The van der Waals surface area contributed by atoms with E-state index in [2.05, 4.69) is 17.4 Å². The van der Waals surface area contributed by atoms with Crippen LogP contribution in [0.1, 0.15) is 5.56 Å². The maximum Gasteiger partial charge on any atom is 0.168 e. The molecule has 2 nitrogen and oxygen atoms in total. The molecule has 0 aliphatic heterocycles. The summed E-state index contributed by atoms with van der Waals surface area (Å²) in [6, 6.07) is 4.22. The molecule has 0 fully saturated rings. The minimum Gasteiger partial charge on any atom is -0.316 e. The van der Waals surface area contributed by atoms with Crippen molar-refractivity contribution in [3.63, 3.8) is 0 Å². The highest BCUT2D eigenvalue weighted by Gasteiger charge is 1.91. The third-order valence-electron chi connectivity index (χ3n) is 1.43. The summed E-state index contributed by atoms with van der Waals surface area (Å²) in [6.07, 6.45) is 4.10. The topological polar surface area (TPSA) is 15.9 Å². The van der Waals surface area contributed by atoms with Crippen LogP contribution in [0.3, 0.4) is 0 Å². The number of hydrogen-bond donors (Lipinski definition) is 1. The summed E-state index contributed by atoms with van der Waals surface area (Å²) < 4.78 is 2.03. The van der Waals surface area contributed by atoms with Gasteiger partial charge < -0.3 is 5.32 Å². The van der Waals surface area contributed by atoms with Crippen LogP contribution in [0.5, 0.6) is 0 Å². The Bertz CT molecular complexity index is 191. The second kappa shape index (κ2) is 3.32. The highest BCUT2D eigenvalue weighted by Crippen LogP contribution is 1.91. The number of aromatic nitrogens is 1. The van der Waals surface area contributed by atoms with Gasteiger partial charge in [0.1, 0.15) is 7.05 Å². The molecule has 0 aliphatic carbocycles. The van der Waals surface area contributed by atoms with Crippen LogP contribution >= 0.6 is 0 Å². The molecule has 0 unspecified atom stereocenters. The average Bonchev–Trinajstić information content (AvgIpc) is 1.95. The summed E-state index contributed by atoms with van der Waals surface area (Å²) in [5.41, 5.74) is 1.32. The molecule has 10 heavy (non-hydrogen) atoms. The van der Waals surface area contributed by atoms with Gasteiger partial charge in [0, 0.05) is 18.7 Å². The normalized spacial score (nSPS) is 9.80. The van der Waals surface area contributed by atoms with Gasteiger partial charge in [-0.15, -0.1) is 0 Å². The van der Waals surface area contributed by atoms with E-state index in [0.29, 0.717) is 0 Å². The number of nitrogens with one attached hydrogen (secondary N) is 1. The maximum atomic E-state index is 3.09. The monoisotopic (exact) mass is 137 g/mol. The Morgan fingerprint density at radius 2 is 2.00 bits per heavy atom. The highest BCUT2D eigenvalue weighted by atomic mass is 14.9. The van der Waals surface area contributed by atoms with Gasteiger partial charge in [-0.3, -0.25) is 0 Å². The van der Waals surface area contributed by atoms with Crippen molar-refractivity contribution in [2.24, 2.45) is 7.05 Å². The van der Waals surface area contributed by atoms with Gasteiger partial charge in [-0.1, -0.05) is 0 Å². The van der Waals surface area contributed by atoms with Gasteiger partial charge in [-0.2, -0.15) is 0 Å². The van der Waals surface area contributed by atoms with E-state index in [-0.39, 0.29) is 0 Å². The first kappa shape index (κ1) is 7.22. The van der Waals surface area contributed by atoms with Crippen LogP contribution in [0.25, 0.3) is 0 Å². The minimum absolute atomic E-state index is 0.945. The number of nitrogens with zero attached hydrogens (tertiary/aromatic N) is 1. The lowest BCUT2D eigenvalue weighted by atomic mass is 10.3. The molecular weight excluding hydrogens is 124 g/mol. The van der Waals surface area contributed by atoms with Gasteiger partial charge in [-0.25, -0.2) is 4.57 Å². The average molecular weight is 137 g/mol. The Labute approximate surface area is 61.5 Å². The first-order chi connectivity index (χ1) is 4.83. The van der Waals surface area contributed by atoms with Crippen LogP contribution in [0.4, 0.5) is 0 Å². The summed E-state index contributed by atoms with van der Waals surface area (Å²) in [5.74, 6) is 0. The van der Waals surface area contributed by atoms with E-state index in [1.54, 1.807) is 0 Å². The number of aryl methyl sites for hydroxylation is 1. The zero-order valence-corrected chi connectivity index (χ0v) is 6.46. The van der Waals surface area contributed by atoms with Gasteiger partial charge in [0.25, 0.3) is 0 Å². The van der Waals surface area contributed by atoms with Crippen molar-refractivity contribution in [2.45, 2.75) is 6.54 Å². The molecule has 0 saturated heterocycles. The predicted octanol–water partition coefficient (Wildman–Crippen LogP) is 0.230. The molecule has 1 aromatic heterocycles. The summed E-state index contributed by atoms with van der Waals surface area (Å²) in [4.78, 5) is 0. The van der Waals surface area contributed by atoms with Gasteiger partial charge in [0.05, 0.1) is 0 Å². The first-order valence-corrected chi connectivity index (χ1v) is 3.41. The SMILES string of the molecule is CNCc1cc[n+](C)cc1. The standard InChI is InChI=1S/C8H13N2/c1-9-7-8-3-5-10(2)6-4-8/h3-6,9H,7H2,1-2H3/q+1. The quantitative estimate of drug-likeness (QED) is 0.577. The molecule has 0 atom stereocenters. The van der Waals surface area contributed by atoms with Gasteiger partial charge in [0.15, 0.2) is 12.4 Å². The molecule has 1 aromatic rings. The molecular formula is C8H13N2+. The van der Waals surface area contributed by atoms with Crippen LogP contribution < -0.4 is 9.88 Å². The molecule has 1 heterocycles. The van der Waals surface area contributed by atoms with Crippen LogP contribution in [-0.4, -0.2) is 7.05 Å². The smallest absolute Gasteiger partial charge is 0.168 e. The highest BCUT2D eigenvalue weighted by molar-refractivity contribution is 5.06. The van der Waals surface area contributed by atoms with E-state index in [1.807, 2.05) is 31.1 Å². The lowest BCUT2D eigenvalue weighted by Crippen LogP contribution is -2.26. The van der Waals surface area contributed by atoms with Crippen LogP contribution in [0.15, 0.2) is 24.5 Å². The Morgan fingerprint density at radius 1 is 1.40 bits per heavy atom. The molecule has 0 amide bonds. The van der Waals surface area contributed by atoms with E-state index < -0.39 is 0 Å². The summed E-state index contributed by atoms with van der Waals surface area (Å²) >= 11 is 0. The third kappa shape index (κ3) is 1.81. The summed E-state index contributed by atoms with van der Waals surface area (Å²) in [7, 11) is 3.97. The van der Waals surface area contributed by atoms with E-state index in [4.69, 9.17) is 0 Å². The van der Waals surface area contributed by atoms with Crippen LogP contribution in [0, 0.1) is 0 Å². The predicted molar refractivity (Wildman–Crippen MR) is 40.4 cm³/mol. The minimum atomic E-state index is 0.945. The van der Waals surface area contributed by atoms with Crippen LogP contribution in [0.2, 0.25) is 0 Å². The van der Waals surface area contributed by atoms with E-state index in [0.717, 1.165) is 6.54 Å². The Balaban J connectivity index is 2.69. The molecule has 0 spiro atoms. The van der Waals surface area contributed by atoms with Crippen molar-refractivity contribution in [2.75, 3.05) is 7.05 Å². The van der Waals surface area contributed by atoms with E-state index >= 15 is 0 Å². The van der Waals surface area contributed by atoms with Gasteiger partial charge >= 0.3 is 0 Å². The second-order valence-corrected chi connectivity index (χ2v) is 2.40. The van der Waals surface area contributed by atoms with Crippen molar-refractivity contribution >= 4 is 0 Å². The molecule has 0 bridgehead atoms. The fourth-order valence-electron chi connectivity index (χ4n) is 0.854. The molecule has 0 aromatic carbocycles. The summed E-state index contributed by atoms with van der Waals surface area (Å²) in [5, 5.41) is 3.09. The molecule has 1 rings (SSSR count). The molecule has 2 heteroatoms. The lowest BCUT2D eigenvalue weighted by Gasteiger charge is -1.95. The van der Waals surface area contributed by atoms with Crippen molar-refractivity contribution in [1.82, 2.24) is 5.32 Å². The Kier molecular flexibility index (Phi) is 2.40. The fourth-order valence-corrected chi connectivity index (χ4v) is 0.854. The number of rotatable bonds is 2. The van der Waals surface area contributed by atoms with E-state index in [9.17, 15) is 0 Å². The first-order valence-electron chi connectivity index (χ1n) is 3.41. The number of hydrogen-bond acceptors (Lipinski definition) is 1. The largest absolute Gasteiger partial charge is 0.316 e. The summed E-state index contributed by atoms with van der Waals surface area (Å²) in [6.45, 7) is 0.945. The molecule has 0 saturated carbocycles. The molecule has 0 radical (unpaired) electrons. The molecule has 1 N–H and O–H groups in total. The maximum absolute atomic E-state index is 3.09. The Hall–Kier alpha value is -0.890. The third-order valence-corrected chi connectivity index (χ3v) is 1.43. The van der Waals surface area contributed by atoms with Gasteiger partial charge in [-0.05, 0) is 12.6 Å². The van der Waals surface area contributed by atoms with Crippen LogP contribution in [-0.2, 0) is 13.6 Å². The fraction of sp³-hybridized carbons (Fsp3) is 0.375. The van der Waals surface area contributed by atoms with Crippen molar-refractivity contribution in [3.05, 3.63) is 30.1 Å². The van der Waals surface area contributed by atoms with Crippen molar-refractivity contribution < 1.29 is 4.57 Å². The number of pyridine rings is 1. The molecule has 0 aliphatic rings. The van der Waals surface area contributed by atoms with Crippen molar-refractivity contribution in [3.8, 4) is 0 Å². The zero-order chi connectivity index (χ0) is 7.40. The second-order valence-electron chi connectivity index (χ2n) is 2.40. The van der Waals surface area contributed by atoms with Gasteiger partial charge in [0.2, 0.25) is 0 Å². The lowest BCUT2D eigenvalue weighted by molar-refractivity contribution is -0.671.